The van der Waals surface area contributed by atoms with Crippen LogP contribution in [-0.2, 0) is 0 Å². The largest absolute Gasteiger partial charge is 0.366 e. The first kappa shape index (κ1) is 7.85. The minimum atomic E-state index is -0.455. The fourth-order valence-electron chi connectivity index (χ4n) is 1.35. The van der Waals surface area contributed by atoms with Crippen LogP contribution in [-0.4, -0.2) is 22.2 Å². The second kappa shape index (κ2) is 2.62. The number of rotatable bonds is 1. The molecule has 68 valence electrons. The van der Waals surface area contributed by atoms with Crippen LogP contribution >= 0.6 is 0 Å². The van der Waals surface area contributed by atoms with Crippen molar-refractivity contribution in [2.45, 2.75) is 6.92 Å². The Kier molecular flexibility index (Phi) is 1.58. The Morgan fingerprint density at radius 1 is 1.77 bits per heavy atom. The van der Waals surface area contributed by atoms with Gasteiger partial charge in [0.15, 0.2) is 0 Å². The third-order valence-electron chi connectivity index (χ3n) is 2.04. The molecule has 0 fully saturated rings. The number of primary amides is 1. The summed E-state index contributed by atoms with van der Waals surface area (Å²) >= 11 is 0. The Morgan fingerprint density at radius 3 is 3.23 bits per heavy atom. The number of aromatic nitrogens is 2. The second-order valence-electron chi connectivity index (χ2n) is 2.91. The standard InChI is InChI=1S/C8H10N4O/c1-5-2-3-10-8-6(7(9)13)4-11-12(5)8/h2,4,10H,3H2,1H3,(H2,9,13). The van der Waals surface area contributed by atoms with Gasteiger partial charge in [0.2, 0.25) is 0 Å². The van der Waals surface area contributed by atoms with Crippen molar-refractivity contribution in [1.29, 1.82) is 0 Å². The number of hydrogen-bond donors (Lipinski definition) is 2. The Bertz CT molecular complexity index is 391. The molecule has 0 bridgehead atoms. The van der Waals surface area contributed by atoms with Crippen LogP contribution in [0.2, 0.25) is 0 Å². The summed E-state index contributed by atoms with van der Waals surface area (Å²) < 4.78 is 1.67. The first-order valence-corrected chi connectivity index (χ1v) is 3.99. The highest BCUT2D eigenvalue weighted by molar-refractivity contribution is 5.98. The fourth-order valence-corrected chi connectivity index (χ4v) is 1.35. The maximum atomic E-state index is 11.0. The van der Waals surface area contributed by atoms with Crippen molar-refractivity contribution in [3.63, 3.8) is 0 Å². The van der Waals surface area contributed by atoms with E-state index in [2.05, 4.69) is 10.4 Å². The van der Waals surface area contributed by atoms with Gasteiger partial charge in [-0.2, -0.15) is 5.10 Å². The Labute approximate surface area is 75.2 Å². The van der Waals surface area contributed by atoms with Gasteiger partial charge in [0.05, 0.1) is 6.20 Å². The third kappa shape index (κ3) is 1.09. The minimum Gasteiger partial charge on any atom is -0.366 e. The predicted molar refractivity (Wildman–Crippen MR) is 49.2 cm³/mol. The summed E-state index contributed by atoms with van der Waals surface area (Å²) in [6.07, 6.45) is 3.47. The molecule has 0 radical (unpaired) electrons. The van der Waals surface area contributed by atoms with E-state index in [0.29, 0.717) is 17.9 Å². The molecule has 0 saturated heterocycles. The molecule has 5 heteroatoms. The zero-order valence-corrected chi connectivity index (χ0v) is 7.24. The molecule has 1 aliphatic heterocycles. The average Bonchev–Trinajstić information content (AvgIpc) is 2.48. The Hall–Kier alpha value is -1.78. The number of nitrogens with one attached hydrogen (secondary N) is 1. The van der Waals surface area contributed by atoms with E-state index in [1.807, 2.05) is 13.0 Å². The summed E-state index contributed by atoms with van der Waals surface area (Å²) in [6, 6.07) is 0. The summed E-state index contributed by atoms with van der Waals surface area (Å²) in [5.74, 6) is 0.232. The van der Waals surface area contributed by atoms with Crippen molar-refractivity contribution in [1.82, 2.24) is 9.78 Å². The topological polar surface area (TPSA) is 72.9 Å². The number of amides is 1. The van der Waals surface area contributed by atoms with Crippen LogP contribution in [0.1, 0.15) is 17.3 Å². The van der Waals surface area contributed by atoms with Gasteiger partial charge in [-0.3, -0.25) is 4.79 Å². The molecule has 2 rings (SSSR count). The van der Waals surface area contributed by atoms with Crippen LogP contribution in [0.25, 0.3) is 5.70 Å². The molecule has 13 heavy (non-hydrogen) atoms. The van der Waals surface area contributed by atoms with Gasteiger partial charge in [0.25, 0.3) is 5.91 Å². The van der Waals surface area contributed by atoms with E-state index in [1.165, 1.54) is 6.20 Å². The van der Waals surface area contributed by atoms with Gasteiger partial charge < -0.3 is 11.1 Å². The Balaban J connectivity index is 2.56. The lowest BCUT2D eigenvalue weighted by molar-refractivity contribution is 0.100. The highest BCUT2D eigenvalue weighted by atomic mass is 16.1. The SMILES string of the molecule is CC1=CCNc2c(C(N)=O)cnn21. The molecular formula is C8H10N4O. The maximum absolute atomic E-state index is 11.0. The highest BCUT2D eigenvalue weighted by Crippen LogP contribution is 2.21. The molecule has 0 spiro atoms. The molecule has 1 aliphatic rings. The van der Waals surface area contributed by atoms with Crippen LogP contribution in [0.3, 0.4) is 0 Å². The number of nitrogens with zero attached hydrogens (tertiary/aromatic N) is 2. The first-order chi connectivity index (χ1) is 6.20. The van der Waals surface area contributed by atoms with Crippen LogP contribution in [0.15, 0.2) is 12.3 Å². The van der Waals surface area contributed by atoms with Gasteiger partial charge in [0, 0.05) is 12.2 Å². The molecular weight excluding hydrogens is 168 g/mol. The molecule has 0 saturated carbocycles. The van der Waals surface area contributed by atoms with Crippen LogP contribution in [0, 0.1) is 0 Å². The number of anilines is 1. The second-order valence-corrected chi connectivity index (χ2v) is 2.91. The number of fused-ring (bicyclic) bond motifs is 1. The van der Waals surface area contributed by atoms with Crippen molar-refractivity contribution in [3.05, 3.63) is 17.8 Å². The van der Waals surface area contributed by atoms with Crippen molar-refractivity contribution < 1.29 is 4.79 Å². The molecule has 1 aromatic rings. The van der Waals surface area contributed by atoms with E-state index in [4.69, 9.17) is 5.73 Å². The highest BCUT2D eigenvalue weighted by Gasteiger charge is 2.17. The van der Waals surface area contributed by atoms with Crippen LogP contribution in [0.5, 0.6) is 0 Å². The smallest absolute Gasteiger partial charge is 0.254 e. The lowest BCUT2D eigenvalue weighted by Gasteiger charge is -2.15. The van der Waals surface area contributed by atoms with E-state index in [0.717, 1.165) is 5.70 Å². The van der Waals surface area contributed by atoms with Gasteiger partial charge in [0.1, 0.15) is 11.4 Å². The number of allylic oxidation sites excluding steroid dienone is 1. The summed E-state index contributed by atoms with van der Waals surface area (Å²) in [6.45, 7) is 2.64. The molecule has 0 atom stereocenters. The minimum absolute atomic E-state index is 0.437. The Morgan fingerprint density at radius 2 is 2.54 bits per heavy atom. The van der Waals surface area contributed by atoms with Crippen molar-refractivity contribution in [3.8, 4) is 0 Å². The predicted octanol–water partition coefficient (Wildman–Crippen LogP) is 0.268. The molecule has 0 unspecified atom stereocenters. The summed E-state index contributed by atoms with van der Waals surface area (Å²) in [5, 5.41) is 7.09. The van der Waals surface area contributed by atoms with Gasteiger partial charge in [-0.25, -0.2) is 4.68 Å². The number of hydrogen-bond acceptors (Lipinski definition) is 3. The molecule has 3 N–H and O–H groups in total. The van der Waals surface area contributed by atoms with E-state index in [1.54, 1.807) is 4.68 Å². The summed E-state index contributed by atoms with van der Waals surface area (Å²) in [7, 11) is 0. The quantitative estimate of drug-likeness (QED) is 0.648. The maximum Gasteiger partial charge on any atom is 0.254 e. The lowest BCUT2D eigenvalue weighted by atomic mass is 10.3. The van der Waals surface area contributed by atoms with E-state index in [-0.39, 0.29) is 0 Å². The van der Waals surface area contributed by atoms with Crippen molar-refractivity contribution in [2.75, 3.05) is 11.9 Å². The zero-order chi connectivity index (χ0) is 9.42. The number of carbonyl (C=O) groups excluding carboxylic acids is 1. The van der Waals surface area contributed by atoms with Gasteiger partial charge in [-0.1, -0.05) is 0 Å². The van der Waals surface area contributed by atoms with Crippen LogP contribution in [0.4, 0.5) is 5.82 Å². The van der Waals surface area contributed by atoms with Gasteiger partial charge in [-0.15, -0.1) is 0 Å². The lowest BCUT2D eigenvalue weighted by Crippen LogP contribution is -2.17. The first-order valence-electron chi connectivity index (χ1n) is 3.99. The van der Waals surface area contributed by atoms with Crippen molar-refractivity contribution in [2.24, 2.45) is 5.73 Å². The van der Waals surface area contributed by atoms with Gasteiger partial charge in [-0.05, 0) is 13.0 Å². The summed E-state index contributed by atoms with van der Waals surface area (Å²) in [4.78, 5) is 11.0. The van der Waals surface area contributed by atoms with E-state index in [9.17, 15) is 4.79 Å². The molecule has 2 heterocycles. The fraction of sp³-hybridized carbons (Fsp3) is 0.250. The zero-order valence-electron chi connectivity index (χ0n) is 7.24. The molecule has 1 amide bonds. The molecule has 0 aliphatic carbocycles. The summed E-state index contributed by atoms with van der Waals surface area (Å²) in [5.41, 5.74) is 6.61. The van der Waals surface area contributed by atoms with Crippen LogP contribution < -0.4 is 11.1 Å². The normalized spacial score (nSPS) is 14.4. The van der Waals surface area contributed by atoms with E-state index < -0.39 is 5.91 Å². The van der Waals surface area contributed by atoms with Gasteiger partial charge >= 0.3 is 0 Å². The van der Waals surface area contributed by atoms with Crippen molar-refractivity contribution >= 4 is 17.4 Å². The average molecular weight is 178 g/mol. The number of nitrogens with two attached hydrogens (primary N) is 1. The molecule has 0 aromatic carbocycles. The molecule has 5 nitrogen and oxygen atoms in total. The third-order valence-corrected chi connectivity index (χ3v) is 2.04. The van der Waals surface area contributed by atoms with E-state index >= 15 is 0 Å². The number of carbonyl (C=O) groups is 1. The monoisotopic (exact) mass is 178 g/mol. The molecule has 1 aromatic heterocycles.